The minimum absolute atomic E-state index is 0.0920. The Kier molecular flexibility index (Phi) is 5.08. The molecule has 0 aliphatic heterocycles. The first kappa shape index (κ1) is 18.8. The first-order valence-electron chi connectivity index (χ1n) is 8.62. The van der Waals surface area contributed by atoms with Gasteiger partial charge in [0.15, 0.2) is 11.5 Å². The normalized spacial score (nSPS) is 11.3. The van der Waals surface area contributed by atoms with Gasteiger partial charge in [-0.3, -0.25) is 0 Å². The van der Waals surface area contributed by atoms with Gasteiger partial charge in [0.1, 0.15) is 0 Å². The summed E-state index contributed by atoms with van der Waals surface area (Å²) in [4.78, 5) is 0. The van der Waals surface area contributed by atoms with Crippen molar-refractivity contribution in [3.8, 4) is 40.2 Å². The number of aromatic nitrogens is 2. The van der Waals surface area contributed by atoms with Crippen LogP contribution in [-0.2, 0) is 5.41 Å². The molecule has 2 aromatic carbocycles. The van der Waals surface area contributed by atoms with Gasteiger partial charge >= 0.3 is 0 Å². The zero-order chi connectivity index (χ0) is 19.6. The minimum Gasteiger partial charge on any atom is -0.493 e. The fraction of sp³-hybridized carbons (Fsp3) is 0.333. The first-order valence-corrected chi connectivity index (χ1v) is 8.62. The van der Waals surface area contributed by atoms with Crippen molar-refractivity contribution in [3.63, 3.8) is 0 Å². The van der Waals surface area contributed by atoms with Crippen LogP contribution in [0.15, 0.2) is 40.8 Å². The van der Waals surface area contributed by atoms with Gasteiger partial charge in [-0.25, -0.2) is 0 Å². The Bertz CT molecular complexity index is 899. The van der Waals surface area contributed by atoms with Gasteiger partial charge in [0.05, 0.1) is 21.3 Å². The summed E-state index contributed by atoms with van der Waals surface area (Å²) in [6, 6.07) is 11.7. The molecule has 0 fully saturated rings. The van der Waals surface area contributed by atoms with Gasteiger partial charge in [-0.05, 0) is 35.2 Å². The molecule has 0 N–H and O–H groups in total. The predicted molar refractivity (Wildman–Crippen MR) is 104 cm³/mol. The lowest BCUT2D eigenvalue weighted by molar-refractivity contribution is 0.324. The van der Waals surface area contributed by atoms with Crippen LogP contribution in [0, 0.1) is 0 Å². The van der Waals surface area contributed by atoms with E-state index in [2.05, 4.69) is 43.1 Å². The maximum atomic E-state index is 5.88. The molecule has 0 saturated heterocycles. The van der Waals surface area contributed by atoms with Crippen LogP contribution in [0.3, 0.4) is 0 Å². The van der Waals surface area contributed by atoms with Gasteiger partial charge in [-0.2, -0.15) is 0 Å². The third kappa shape index (κ3) is 3.74. The Balaban J connectivity index is 1.96. The van der Waals surface area contributed by atoms with Gasteiger partial charge in [-0.1, -0.05) is 32.9 Å². The molecule has 142 valence electrons. The van der Waals surface area contributed by atoms with E-state index in [-0.39, 0.29) is 5.41 Å². The van der Waals surface area contributed by atoms with Crippen molar-refractivity contribution in [1.29, 1.82) is 0 Å². The van der Waals surface area contributed by atoms with E-state index in [1.165, 1.54) is 5.56 Å². The average molecular weight is 368 g/mol. The van der Waals surface area contributed by atoms with Gasteiger partial charge in [0.25, 0.3) is 0 Å². The largest absolute Gasteiger partial charge is 0.493 e. The zero-order valence-corrected chi connectivity index (χ0v) is 16.5. The Morgan fingerprint density at radius 1 is 0.741 bits per heavy atom. The van der Waals surface area contributed by atoms with Crippen molar-refractivity contribution in [2.75, 3.05) is 21.3 Å². The summed E-state index contributed by atoms with van der Waals surface area (Å²) in [5.41, 5.74) is 2.90. The molecule has 0 spiro atoms. The van der Waals surface area contributed by atoms with Crippen LogP contribution in [-0.4, -0.2) is 31.5 Å². The standard InChI is InChI=1S/C21H24N2O4/c1-21(2,3)15-9-7-13(8-10-15)19-22-23-20(27-19)14-11-16(24-4)18(26-6)17(12-14)25-5/h7-12H,1-6H3. The molecule has 27 heavy (non-hydrogen) atoms. The van der Waals surface area contributed by atoms with Crippen molar-refractivity contribution in [3.05, 3.63) is 42.0 Å². The van der Waals surface area contributed by atoms with Crippen LogP contribution in [0.5, 0.6) is 17.2 Å². The van der Waals surface area contributed by atoms with Crippen molar-refractivity contribution in [2.24, 2.45) is 0 Å². The summed E-state index contributed by atoms with van der Waals surface area (Å²) in [5.74, 6) is 2.41. The van der Waals surface area contributed by atoms with E-state index in [9.17, 15) is 0 Å². The Morgan fingerprint density at radius 2 is 1.26 bits per heavy atom. The molecule has 0 aliphatic rings. The smallest absolute Gasteiger partial charge is 0.248 e. The molecule has 0 aliphatic carbocycles. The van der Waals surface area contributed by atoms with Crippen LogP contribution in [0.25, 0.3) is 22.9 Å². The average Bonchev–Trinajstić information content (AvgIpc) is 3.16. The highest BCUT2D eigenvalue weighted by molar-refractivity contribution is 5.66. The van der Waals surface area contributed by atoms with E-state index in [1.54, 1.807) is 33.5 Å². The second-order valence-electron chi connectivity index (χ2n) is 7.15. The quantitative estimate of drug-likeness (QED) is 0.649. The number of hydrogen-bond acceptors (Lipinski definition) is 6. The molecular weight excluding hydrogens is 344 g/mol. The first-order chi connectivity index (χ1) is 12.9. The Labute approximate surface area is 159 Å². The minimum atomic E-state index is 0.0920. The van der Waals surface area contributed by atoms with E-state index < -0.39 is 0 Å². The molecule has 1 aromatic heterocycles. The zero-order valence-electron chi connectivity index (χ0n) is 16.5. The lowest BCUT2D eigenvalue weighted by Gasteiger charge is -2.18. The molecule has 0 amide bonds. The maximum absolute atomic E-state index is 5.88. The van der Waals surface area contributed by atoms with Crippen molar-refractivity contribution >= 4 is 0 Å². The number of benzene rings is 2. The molecule has 0 atom stereocenters. The molecule has 1 heterocycles. The lowest BCUT2D eigenvalue weighted by atomic mass is 9.87. The van der Waals surface area contributed by atoms with Gasteiger partial charge in [0.2, 0.25) is 17.5 Å². The molecule has 0 unspecified atom stereocenters. The van der Waals surface area contributed by atoms with E-state index in [1.807, 2.05) is 12.1 Å². The van der Waals surface area contributed by atoms with E-state index >= 15 is 0 Å². The third-order valence-corrected chi connectivity index (χ3v) is 4.33. The van der Waals surface area contributed by atoms with Crippen LogP contribution < -0.4 is 14.2 Å². The highest BCUT2D eigenvalue weighted by Gasteiger charge is 2.18. The van der Waals surface area contributed by atoms with Gasteiger partial charge in [-0.15, -0.1) is 10.2 Å². The fourth-order valence-electron chi connectivity index (χ4n) is 2.77. The molecule has 0 radical (unpaired) electrons. The molecular formula is C21H24N2O4. The highest BCUT2D eigenvalue weighted by atomic mass is 16.5. The van der Waals surface area contributed by atoms with Gasteiger partial charge < -0.3 is 18.6 Å². The topological polar surface area (TPSA) is 66.6 Å². The monoisotopic (exact) mass is 368 g/mol. The van der Waals surface area contributed by atoms with Gasteiger partial charge in [0, 0.05) is 11.1 Å². The summed E-state index contributed by atoms with van der Waals surface area (Å²) < 4.78 is 22.0. The molecule has 3 rings (SSSR count). The van der Waals surface area contributed by atoms with E-state index in [0.29, 0.717) is 34.6 Å². The summed E-state index contributed by atoms with van der Waals surface area (Å²) in [5, 5.41) is 8.35. The summed E-state index contributed by atoms with van der Waals surface area (Å²) in [7, 11) is 4.69. The second kappa shape index (κ2) is 7.31. The number of hydrogen-bond donors (Lipinski definition) is 0. The molecule has 6 heteroatoms. The number of ether oxygens (including phenoxy) is 3. The SMILES string of the molecule is COc1cc(-c2nnc(-c3ccc(C(C)(C)C)cc3)o2)cc(OC)c1OC. The van der Waals surface area contributed by atoms with Crippen molar-refractivity contribution in [1.82, 2.24) is 10.2 Å². The summed E-state index contributed by atoms with van der Waals surface area (Å²) >= 11 is 0. The molecule has 0 bridgehead atoms. The van der Waals surface area contributed by atoms with Crippen LogP contribution >= 0.6 is 0 Å². The lowest BCUT2D eigenvalue weighted by Crippen LogP contribution is -2.10. The number of methoxy groups -OCH3 is 3. The van der Waals surface area contributed by atoms with Crippen LogP contribution in [0.1, 0.15) is 26.3 Å². The maximum Gasteiger partial charge on any atom is 0.248 e. The fourth-order valence-corrected chi connectivity index (χ4v) is 2.77. The predicted octanol–water partition coefficient (Wildman–Crippen LogP) is 4.73. The molecule has 3 aromatic rings. The Hall–Kier alpha value is -3.02. The Morgan fingerprint density at radius 3 is 1.70 bits per heavy atom. The van der Waals surface area contributed by atoms with Crippen molar-refractivity contribution in [2.45, 2.75) is 26.2 Å². The van der Waals surface area contributed by atoms with Crippen LogP contribution in [0.2, 0.25) is 0 Å². The third-order valence-electron chi connectivity index (χ3n) is 4.33. The molecule has 0 saturated carbocycles. The number of rotatable bonds is 5. The highest BCUT2D eigenvalue weighted by Crippen LogP contribution is 2.41. The summed E-state index contributed by atoms with van der Waals surface area (Å²) in [6.45, 7) is 6.53. The molecule has 6 nitrogen and oxygen atoms in total. The van der Waals surface area contributed by atoms with E-state index in [0.717, 1.165) is 5.56 Å². The second-order valence-corrected chi connectivity index (χ2v) is 7.15. The van der Waals surface area contributed by atoms with E-state index in [4.69, 9.17) is 18.6 Å². The number of nitrogens with zero attached hydrogens (tertiary/aromatic N) is 2. The van der Waals surface area contributed by atoms with Crippen molar-refractivity contribution < 1.29 is 18.6 Å². The summed E-state index contributed by atoms with van der Waals surface area (Å²) in [6.07, 6.45) is 0. The van der Waals surface area contributed by atoms with Crippen LogP contribution in [0.4, 0.5) is 0 Å².